The third-order valence-electron chi connectivity index (χ3n) is 4.42. The average molecular weight is 414 g/mol. The zero-order valence-electron chi connectivity index (χ0n) is 14.7. The fourth-order valence-electron chi connectivity index (χ4n) is 3.02. The van der Waals surface area contributed by atoms with E-state index in [4.69, 9.17) is 0 Å². The van der Waals surface area contributed by atoms with E-state index < -0.39 is 10.0 Å². The number of halogens is 2. The van der Waals surface area contributed by atoms with Crippen LogP contribution < -0.4 is 10.0 Å². The van der Waals surface area contributed by atoms with Crippen molar-refractivity contribution < 1.29 is 17.6 Å². The highest BCUT2D eigenvalue weighted by molar-refractivity contribution is 7.89. The summed E-state index contributed by atoms with van der Waals surface area (Å²) in [6.07, 6.45) is 0. The highest BCUT2D eigenvalue weighted by Gasteiger charge is 2.29. The van der Waals surface area contributed by atoms with Crippen LogP contribution in [0.2, 0.25) is 0 Å². The fourth-order valence-corrected chi connectivity index (χ4v) is 3.75. The van der Waals surface area contributed by atoms with E-state index in [0.717, 1.165) is 5.56 Å². The Labute approximate surface area is 164 Å². The smallest absolute Gasteiger partial charge is 0.254 e. The molecule has 1 aliphatic heterocycles. The maximum Gasteiger partial charge on any atom is 0.254 e. The van der Waals surface area contributed by atoms with Gasteiger partial charge in [-0.3, -0.25) is 4.79 Å². The number of piperazine rings is 1. The lowest BCUT2D eigenvalue weighted by molar-refractivity contribution is 0.0634. The molecule has 9 heteroatoms. The molecular weight excluding hydrogens is 393 g/mol. The van der Waals surface area contributed by atoms with Crippen molar-refractivity contribution in [1.29, 1.82) is 0 Å². The van der Waals surface area contributed by atoms with Gasteiger partial charge in [0.15, 0.2) is 0 Å². The minimum absolute atomic E-state index is 0. The number of nitrogens with zero attached hydrogens (tertiary/aromatic N) is 1. The number of hydrogen-bond acceptors (Lipinski definition) is 4. The lowest BCUT2D eigenvalue weighted by Crippen LogP contribution is -2.48. The van der Waals surface area contributed by atoms with Crippen molar-refractivity contribution in [3.63, 3.8) is 0 Å². The van der Waals surface area contributed by atoms with Crippen molar-refractivity contribution in [2.24, 2.45) is 0 Å². The zero-order valence-corrected chi connectivity index (χ0v) is 16.3. The van der Waals surface area contributed by atoms with Crippen molar-refractivity contribution in [2.45, 2.75) is 10.9 Å². The van der Waals surface area contributed by atoms with Crippen LogP contribution in [0.15, 0.2) is 53.4 Å². The molecule has 1 atom stereocenters. The number of hydrogen-bond donors (Lipinski definition) is 2. The van der Waals surface area contributed by atoms with Gasteiger partial charge in [-0.1, -0.05) is 12.1 Å². The Bertz CT molecular complexity index is 906. The maximum absolute atomic E-state index is 13.6. The summed E-state index contributed by atoms with van der Waals surface area (Å²) >= 11 is 0. The van der Waals surface area contributed by atoms with Crippen LogP contribution in [0.1, 0.15) is 22.0 Å². The first-order valence-electron chi connectivity index (χ1n) is 8.23. The van der Waals surface area contributed by atoms with Crippen LogP contribution in [-0.4, -0.2) is 45.9 Å². The van der Waals surface area contributed by atoms with E-state index in [9.17, 15) is 17.6 Å². The SMILES string of the molecule is CNS(=O)(=O)c1ccc(C(=O)N2CCNCC2c2cccc(F)c2)cc1.Cl. The van der Waals surface area contributed by atoms with Crippen LogP contribution in [0.4, 0.5) is 4.39 Å². The Morgan fingerprint density at radius 1 is 1.22 bits per heavy atom. The molecule has 0 radical (unpaired) electrons. The number of carbonyl (C=O) groups is 1. The molecule has 0 saturated carbocycles. The van der Waals surface area contributed by atoms with Gasteiger partial charge in [0.25, 0.3) is 5.91 Å². The van der Waals surface area contributed by atoms with Gasteiger partial charge in [-0.15, -0.1) is 12.4 Å². The molecule has 0 bridgehead atoms. The van der Waals surface area contributed by atoms with Gasteiger partial charge >= 0.3 is 0 Å². The number of amides is 1. The minimum Gasteiger partial charge on any atom is -0.329 e. The van der Waals surface area contributed by atoms with E-state index in [-0.39, 0.29) is 35.1 Å². The molecular formula is C18H21ClFN3O3S. The number of carbonyl (C=O) groups excluding carboxylic acids is 1. The standard InChI is InChI=1S/C18H20FN3O3S.ClH/c1-20-26(24,25)16-7-5-13(6-8-16)18(23)22-10-9-21-12-17(22)14-3-2-4-15(19)11-14;/h2-8,11,17,20-21H,9-10,12H2,1H3;1H. The molecule has 1 fully saturated rings. The van der Waals surface area contributed by atoms with Gasteiger partial charge < -0.3 is 10.2 Å². The van der Waals surface area contributed by atoms with Crippen molar-refractivity contribution >= 4 is 28.3 Å². The van der Waals surface area contributed by atoms with Gasteiger partial charge in [-0.25, -0.2) is 17.5 Å². The van der Waals surface area contributed by atoms with Crippen LogP contribution in [0.5, 0.6) is 0 Å². The molecule has 1 saturated heterocycles. The molecule has 1 unspecified atom stereocenters. The van der Waals surface area contributed by atoms with Crippen LogP contribution in [0.3, 0.4) is 0 Å². The Kier molecular flexibility index (Phi) is 6.94. The van der Waals surface area contributed by atoms with Crippen molar-refractivity contribution in [3.8, 4) is 0 Å². The Morgan fingerprint density at radius 3 is 2.56 bits per heavy atom. The summed E-state index contributed by atoms with van der Waals surface area (Å²) < 4.78 is 39.4. The number of sulfonamides is 1. The first kappa shape index (κ1) is 21.3. The first-order chi connectivity index (χ1) is 12.4. The topological polar surface area (TPSA) is 78.5 Å². The van der Waals surface area contributed by atoms with Crippen LogP contribution >= 0.6 is 12.4 Å². The summed E-state index contributed by atoms with van der Waals surface area (Å²) in [6.45, 7) is 1.65. The van der Waals surface area contributed by atoms with Crippen LogP contribution in [-0.2, 0) is 10.0 Å². The van der Waals surface area contributed by atoms with Crippen molar-refractivity contribution in [1.82, 2.24) is 14.9 Å². The summed E-state index contributed by atoms with van der Waals surface area (Å²) in [6, 6.07) is 11.7. The average Bonchev–Trinajstić information content (AvgIpc) is 2.67. The lowest BCUT2D eigenvalue weighted by atomic mass is 10.0. The van der Waals surface area contributed by atoms with E-state index in [0.29, 0.717) is 25.2 Å². The maximum atomic E-state index is 13.6. The third-order valence-corrected chi connectivity index (χ3v) is 5.85. The third kappa shape index (κ3) is 4.65. The fraction of sp³-hybridized carbons (Fsp3) is 0.278. The predicted octanol–water partition coefficient (Wildman–Crippen LogP) is 1.94. The molecule has 0 aliphatic carbocycles. The summed E-state index contributed by atoms with van der Waals surface area (Å²) in [5, 5.41) is 3.22. The van der Waals surface area contributed by atoms with Crippen molar-refractivity contribution in [2.75, 3.05) is 26.7 Å². The van der Waals surface area contributed by atoms with Gasteiger partial charge in [-0.2, -0.15) is 0 Å². The zero-order chi connectivity index (χ0) is 18.7. The van der Waals surface area contributed by atoms with E-state index in [1.165, 1.54) is 43.4 Å². The molecule has 1 amide bonds. The summed E-state index contributed by atoms with van der Waals surface area (Å²) in [4.78, 5) is 14.7. The molecule has 27 heavy (non-hydrogen) atoms. The largest absolute Gasteiger partial charge is 0.329 e. The second-order valence-corrected chi connectivity index (χ2v) is 7.89. The molecule has 2 aromatic carbocycles. The van der Waals surface area contributed by atoms with E-state index in [1.807, 2.05) is 0 Å². The van der Waals surface area contributed by atoms with Gasteiger partial charge in [0.2, 0.25) is 10.0 Å². The summed E-state index contributed by atoms with van der Waals surface area (Å²) in [7, 11) is -2.22. The Hall–Kier alpha value is -2.00. The van der Waals surface area contributed by atoms with Gasteiger partial charge in [0.1, 0.15) is 5.82 Å². The van der Waals surface area contributed by atoms with E-state index in [2.05, 4.69) is 10.0 Å². The highest BCUT2D eigenvalue weighted by Crippen LogP contribution is 2.25. The molecule has 2 N–H and O–H groups in total. The monoisotopic (exact) mass is 413 g/mol. The number of rotatable bonds is 4. The minimum atomic E-state index is -3.55. The Balaban J connectivity index is 0.00000261. The number of benzene rings is 2. The molecule has 0 spiro atoms. The lowest BCUT2D eigenvalue weighted by Gasteiger charge is -2.36. The predicted molar refractivity (Wildman–Crippen MR) is 103 cm³/mol. The second-order valence-electron chi connectivity index (χ2n) is 6.01. The molecule has 1 heterocycles. The first-order valence-corrected chi connectivity index (χ1v) is 9.71. The second kappa shape index (κ2) is 8.79. The Morgan fingerprint density at radius 2 is 1.93 bits per heavy atom. The molecule has 3 rings (SSSR count). The van der Waals surface area contributed by atoms with Gasteiger partial charge in [-0.05, 0) is 49.0 Å². The van der Waals surface area contributed by atoms with E-state index in [1.54, 1.807) is 17.0 Å². The van der Waals surface area contributed by atoms with Crippen LogP contribution in [0, 0.1) is 5.82 Å². The molecule has 2 aromatic rings. The van der Waals surface area contributed by atoms with Gasteiger partial charge in [0.05, 0.1) is 10.9 Å². The summed E-state index contributed by atoms with van der Waals surface area (Å²) in [5.74, 6) is -0.559. The molecule has 1 aliphatic rings. The molecule has 146 valence electrons. The quantitative estimate of drug-likeness (QED) is 0.803. The van der Waals surface area contributed by atoms with E-state index >= 15 is 0 Å². The number of nitrogens with one attached hydrogen (secondary N) is 2. The summed E-state index contributed by atoms with van der Waals surface area (Å²) in [5.41, 5.74) is 1.11. The molecule has 0 aromatic heterocycles. The highest BCUT2D eigenvalue weighted by atomic mass is 35.5. The van der Waals surface area contributed by atoms with Crippen molar-refractivity contribution in [3.05, 3.63) is 65.5 Å². The normalized spacial score (nSPS) is 17.3. The molecule has 6 nitrogen and oxygen atoms in total. The van der Waals surface area contributed by atoms with Gasteiger partial charge in [0, 0.05) is 25.2 Å². The van der Waals surface area contributed by atoms with Crippen LogP contribution in [0.25, 0.3) is 0 Å².